The molecule has 4 nitrogen and oxygen atoms in total. The highest BCUT2D eigenvalue weighted by atomic mass is 16.5. The average molecular weight is 283 g/mol. The second-order valence-corrected chi connectivity index (χ2v) is 7.13. The van der Waals surface area contributed by atoms with Gasteiger partial charge < -0.3 is 9.64 Å². The smallest absolute Gasteiger partial charge is 0.319 e. The number of hydrogen-bond donors (Lipinski definition) is 0. The van der Waals surface area contributed by atoms with Crippen LogP contribution >= 0.6 is 0 Å². The predicted octanol–water partition coefficient (Wildman–Crippen LogP) is 2.72. The van der Waals surface area contributed by atoms with Gasteiger partial charge in [-0.3, -0.25) is 9.59 Å². The highest BCUT2D eigenvalue weighted by Gasteiger charge is 2.43. The van der Waals surface area contributed by atoms with Gasteiger partial charge in [0, 0.05) is 13.1 Å². The Hall–Kier alpha value is -1.06. The lowest BCUT2D eigenvalue weighted by molar-refractivity contribution is -0.160. The molecule has 116 valence electrons. The number of likely N-dealkylation sites (tertiary alicyclic amines) is 1. The first-order valence-corrected chi connectivity index (χ1v) is 7.63. The van der Waals surface area contributed by atoms with Gasteiger partial charge in [0.15, 0.2) is 0 Å². The molecule has 0 aromatic rings. The van der Waals surface area contributed by atoms with Crippen molar-refractivity contribution in [3.63, 3.8) is 0 Å². The number of hydrogen-bond acceptors (Lipinski definition) is 3. The molecule has 4 heteroatoms. The maximum absolute atomic E-state index is 12.7. The number of ether oxygens (including phenoxy) is 1. The fourth-order valence-corrected chi connectivity index (χ4v) is 2.76. The van der Waals surface area contributed by atoms with Crippen molar-refractivity contribution in [2.45, 2.75) is 48.0 Å². The van der Waals surface area contributed by atoms with Crippen molar-refractivity contribution in [1.29, 1.82) is 0 Å². The second kappa shape index (κ2) is 6.59. The molecule has 0 radical (unpaired) electrons. The van der Waals surface area contributed by atoms with Crippen molar-refractivity contribution >= 4 is 11.9 Å². The third-order valence-electron chi connectivity index (χ3n) is 4.11. The summed E-state index contributed by atoms with van der Waals surface area (Å²) in [5.74, 6) is -0.0456. The molecular weight excluding hydrogens is 254 g/mol. The van der Waals surface area contributed by atoms with Gasteiger partial charge in [0.2, 0.25) is 5.91 Å². The Morgan fingerprint density at radius 3 is 2.30 bits per heavy atom. The van der Waals surface area contributed by atoms with Crippen LogP contribution in [0.4, 0.5) is 0 Å². The number of carbonyl (C=O) groups is 2. The first-order chi connectivity index (χ1) is 9.18. The Labute approximate surface area is 122 Å². The molecule has 0 saturated carbocycles. The number of nitrogens with zero attached hydrogens (tertiary/aromatic N) is 1. The van der Waals surface area contributed by atoms with E-state index in [2.05, 4.69) is 13.8 Å². The van der Waals surface area contributed by atoms with Gasteiger partial charge in [-0.05, 0) is 30.6 Å². The van der Waals surface area contributed by atoms with E-state index in [0.717, 1.165) is 19.5 Å². The maximum Gasteiger partial charge on any atom is 0.319 e. The molecule has 0 aromatic carbocycles. The minimum Gasteiger partial charge on any atom is -0.465 e. The highest BCUT2D eigenvalue weighted by Crippen LogP contribution is 2.32. The van der Waals surface area contributed by atoms with Gasteiger partial charge in [-0.25, -0.2) is 0 Å². The quantitative estimate of drug-likeness (QED) is 0.588. The van der Waals surface area contributed by atoms with Crippen LogP contribution in [0.2, 0.25) is 0 Å². The van der Waals surface area contributed by atoms with E-state index < -0.39 is 17.3 Å². The van der Waals surface area contributed by atoms with Gasteiger partial charge in [-0.1, -0.05) is 34.6 Å². The summed E-state index contributed by atoms with van der Waals surface area (Å²) in [6.45, 7) is 13.7. The molecule has 0 spiro atoms. The lowest BCUT2D eigenvalue weighted by Gasteiger charge is -2.31. The summed E-state index contributed by atoms with van der Waals surface area (Å²) >= 11 is 0. The van der Waals surface area contributed by atoms with Gasteiger partial charge in [-0.2, -0.15) is 0 Å². The van der Waals surface area contributed by atoms with E-state index in [4.69, 9.17) is 4.74 Å². The summed E-state index contributed by atoms with van der Waals surface area (Å²) in [6.07, 6.45) is 1.03. The van der Waals surface area contributed by atoms with E-state index in [1.54, 1.807) is 6.92 Å². The van der Waals surface area contributed by atoms with Crippen LogP contribution < -0.4 is 0 Å². The summed E-state index contributed by atoms with van der Waals surface area (Å²) in [5, 5.41) is 0. The lowest BCUT2D eigenvalue weighted by atomic mass is 9.79. The zero-order valence-electron chi connectivity index (χ0n) is 13.7. The molecule has 2 atom stereocenters. The molecule has 0 N–H and O–H groups in total. The van der Waals surface area contributed by atoms with Gasteiger partial charge in [0.05, 0.1) is 6.61 Å². The van der Waals surface area contributed by atoms with Crippen LogP contribution in [-0.2, 0) is 14.3 Å². The molecule has 2 unspecified atom stereocenters. The van der Waals surface area contributed by atoms with Crippen LogP contribution in [0.3, 0.4) is 0 Å². The minimum atomic E-state index is -0.701. The molecular formula is C16H29NO3. The zero-order valence-corrected chi connectivity index (χ0v) is 13.7. The van der Waals surface area contributed by atoms with Crippen molar-refractivity contribution in [1.82, 2.24) is 4.90 Å². The van der Waals surface area contributed by atoms with Crippen LogP contribution in [-0.4, -0.2) is 36.5 Å². The third kappa shape index (κ3) is 3.97. The number of amides is 1. The molecule has 0 aromatic heterocycles. The Balaban J connectivity index is 2.82. The van der Waals surface area contributed by atoms with Crippen LogP contribution in [0.1, 0.15) is 48.0 Å². The summed E-state index contributed by atoms with van der Waals surface area (Å²) in [6, 6.07) is 0. The third-order valence-corrected chi connectivity index (χ3v) is 4.11. The van der Waals surface area contributed by atoms with Gasteiger partial charge in [0.25, 0.3) is 0 Å². The summed E-state index contributed by atoms with van der Waals surface area (Å²) in [7, 11) is 0. The van der Waals surface area contributed by atoms with Crippen LogP contribution in [0.25, 0.3) is 0 Å². The van der Waals surface area contributed by atoms with E-state index in [1.165, 1.54) is 0 Å². The molecule has 1 aliphatic heterocycles. The molecule has 0 aliphatic carbocycles. The Kier molecular flexibility index (Phi) is 5.60. The molecule has 1 rings (SSSR count). The number of carbonyl (C=O) groups excluding carboxylic acids is 2. The van der Waals surface area contributed by atoms with Crippen LogP contribution in [0.15, 0.2) is 0 Å². The van der Waals surface area contributed by atoms with E-state index in [0.29, 0.717) is 18.4 Å². The second-order valence-electron chi connectivity index (χ2n) is 7.13. The van der Waals surface area contributed by atoms with E-state index in [9.17, 15) is 9.59 Å². The van der Waals surface area contributed by atoms with E-state index >= 15 is 0 Å². The Morgan fingerprint density at radius 2 is 1.90 bits per heavy atom. The van der Waals surface area contributed by atoms with Crippen molar-refractivity contribution in [2.24, 2.45) is 23.2 Å². The van der Waals surface area contributed by atoms with Crippen molar-refractivity contribution in [2.75, 3.05) is 19.7 Å². The van der Waals surface area contributed by atoms with Crippen molar-refractivity contribution < 1.29 is 14.3 Å². The maximum atomic E-state index is 12.7. The van der Waals surface area contributed by atoms with Gasteiger partial charge in [0.1, 0.15) is 5.92 Å². The van der Waals surface area contributed by atoms with Crippen molar-refractivity contribution in [3.05, 3.63) is 0 Å². The fraction of sp³-hybridized carbons (Fsp3) is 0.875. The SMILES string of the molecule is CCOC(=O)C(C(=O)N1CCC(C(C)C)C1)C(C)(C)C. The predicted molar refractivity (Wildman–Crippen MR) is 79.1 cm³/mol. The average Bonchev–Trinajstić information content (AvgIpc) is 2.76. The Morgan fingerprint density at radius 1 is 1.30 bits per heavy atom. The van der Waals surface area contributed by atoms with Crippen molar-refractivity contribution in [3.8, 4) is 0 Å². The van der Waals surface area contributed by atoms with E-state index in [-0.39, 0.29) is 5.91 Å². The highest BCUT2D eigenvalue weighted by molar-refractivity contribution is 5.98. The fourth-order valence-electron chi connectivity index (χ4n) is 2.76. The van der Waals surface area contributed by atoms with Gasteiger partial charge in [-0.15, -0.1) is 0 Å². The normalized spacial score (nSPS) is 21.1. The number of esters is 1. The molecule has 1 saturated heterocycles. The van der Waals surface area contributed by atoms with E-state index in [1.807, 2.05) is 25.7 Å². The summed E-state index contributed by atoms with van der Waals surface area (Å²) in [4.78, 5) is 26.7. The largest absolute Gasteiger partial charge is 0.465 e. The van der Waals surface area contributed by atoms with Gasteiger partial charge >= 0.3 is 5.97 Å². The van der Waals surface area contributed by atoms with Crippen LogP contribution in [0, 0.1) is 23.2 Å². The standard InChI is InChI=1S/C16H29NO3/c1-7-20-15(19)13(16(4,5)6)14(18)17-9-8-12(10-17)11(2)3/h11-13H,7-10H2,1-6H3. The molecule has 1 aliphatic rings. The molecule has 1 amide bonds. The lowest BCUT2D eigenvalue weighted by Crippen LogP contribution is -2.45. The monoisotopic (exact) mass is 283 g/mol. The molecule has 0 bridgehead atoms. The Bertz CT molecular complexity index is 357. The minimum absolute atomic E-state index is 0.0703. The zero-order chi connectivity index (χ0) is 15.5. The first kappa shape index (κ1) is 17.0. The summed E-state index contributed by atoms with van der Waals surface area (Å²) in [5.41, 5.74) is -0.417. The molecule has 20 heavy (non-hydrogen) atoms. The van der Waals surface area contributed by atoms with Crippen LogP contribution in [0.5, 0.6) is 0 Å². The summed E-state index contributed by atoms with van der Waals surface area (Å²) < 4.78 is 5.10. The molecule has 1 heterocycles. The molecule has 1 fully saturated rings. The number of rotatable bonds is 4. The first-order valence-electron chi connectivity index (χ1n) is 7.63. The topological polar surface area (TPSA) is 46.6 Å².